The van der Waals surface area contributed by atoms with Crippen molar-refractivity contribution in [1.29, 1.82) is 0 Å². The summed E-state index contributed by atoms with van der Waals surface area (Å²) in [6.45, 7) is 7.09. The van der Waals surface area contributed by atoms with E-state index in [4.69, 9.17) is 16.3 Å². The number of aliphatic hydroxyl groups excluding tert-OH is 1. The Balaban J connectivity index is 1.60. The summed E-state index contributed by atoms with van der Waals surface area (Å²) in [6.07, 6.45) is 1.59. The van der Waals surface area contributed by atoms with E-state index in [9.17, 15) is 9.90 Å². The van der Waals surface area contributed by atoms with Crippen LogP contribution in [0.4, 0.5) is 10.5 Å². The van der Waals surface area contributed by atoms with Gasteiger partial charge >= 0.3 is 6.09 Å². The third-order valence-electron chi connectivity index (χ3n) is 5.77. The van der Waals surface area contributed by atoms with Crippen LogP contribution in [0.5, 0.6) is 0 Å². The number of amides is 1. The number of carbonyl (C=O) groups is 1. The molecule has 2 heterocycles. The first-order chi connectivity index (χ1) is 12.7. The Kier molecular flexibility index (Phi) is 4.88. The summed E-state index contributed by atoms with van der Waals surface area (Å²) in [5, 5.41) is 10.6. The molecular weight excluding hydrogens is 432 g/mol. The quantitative estimate of drug-likeness (QED) is 0.715. The van der Waals surface area contributed by atoms with Crippen molar-refractivity contribution in [1.82, 2.24) is 4.90 Å². The monoisotopic (exact) mass is 456 g/mol. The molecule has 1 aromatic rings. The molecule has 4 rings (SSSR count). The van der Waals surface area contributed by atoms with Gasteiger partial charge in [0.1, 0.15) is 5.60 Å². The van der Waals surface area contributed by atoms with Gasteiger partial charge in [0.15, 0.2) is 0 Å². The molecule has 1 aliphatic carbocycles. The SMILES string of the molecule is CC(C)(C)OC(=O)N1C[C@H](N2C[C@@H]3C[C@H]3c3cc(Cl)cc(Br)c32)C[C@@H]1CO. The van der Waals surface area contributed by atoms with Gasteiger partial charge < -0.3 is 19.6 Å². The molecule has 0 radical (unpaired) electrons. The molecule has 4 atom stereocenters. The van der Waals surface area contributed by atoms with Gasteiger partial charge in [0, 0.05) is 28.6 Å². The lowest BCUT2D eigenvalue weighted by atomic mass is 9.99. The highest BCUT2D eigenvalue weighted by atomic mass is 79.9. The average molecular weight is 458 g/mol. The third-order valence-corrected chi connectivity index (χ3v) is 6.59. The number of hydrogen-bond acceptors (Lipinski definition) is 4. The summed E-state index contributed by atoms with van der Waals surface area (Å²) in [7, 11) is 0. The number of nitrogens with zero attached hydrogens (tertiary/aromatic N) is 2. The largest absolute Gasteiger partial charge is 0.444 e. The van der Waals surface area contributed by atoms with E-state index in [1.807, 2.05) is 26.8 Å². The summed E-state index contributed by atoms with van der Waals surface area (Å²) in [5.74, 6) is 1.26. The number of fused-ring (bicyclic) bond motifs is 3. The van der Waals surface area contributed by atoms with E-state index in [-0.39, 0.29) is 24.8 Å². The van der Waals surface area contributed by atoms with Crippen molar-refractivity contribution < 1.29 is 14.6 Å². The normalized spacial score (nSPS) is 29.4. The first-order valence-electron chi connectivity index (χ1n) is 9.54. The molecular formula is C20H26BrClN2O3. The van der Waals surface area contributed by atoms with Crippen molar-refractivity contribution in [3.05, 3.63) is 27.2 Å². The Bertz CT molecular complexity index is 766. The second-order valence-corrected chi connectivity index (χ2v) is 10.2. The topological polar surface area (TPSA) is 53.0 Å². The first-order valence-corrected chi connectivity index (χ1v) is 10.7. The molecule has 0 unspecified atom stereocenters. The molecule has 5 nitrogen and oxygen atoms in total. The zero-order valence-corrected chi connectivity index (χ0v) is 18.3. The van der Waals surface area contributed by atoms with Crippen molar-refractivity contribution in [3.63, 3.8) is 0 Å². The number of aliphatic hydroxyl groups is 1. The minimum Gasteiger partial charge on any atom is -0.444 e. The van der Waals surface area contributed by atoms with Gasteiger partial charge in [0.05, 0.1) is 18.3 Å². The molecule has 7 heteroatoms. The highest BCUT2D eigenvalue weighted by Crippen LogP contribution is 2.57. The summed E-state index contributed by atoms with van der Waals surface area (Å²) in [6, 6.07) is 3.98. The Labute approximate surface area is 173 Å². The summed E-state index contributed by atoms with van der Waals surface area (Å²) < 4.78 is 6.56. The Morgan fingerprint density at radius 2 is 2.07 bits per heavy atom. The molecule has 27 heavy (non-hydrogen) atoms. The Morgan fingerprint density at radius 3 is 2.74 bits per heavy atom. The van der Waals surface area contributed by atoms with Gasteiger partial charge in [-0.2, -0.15) is 0 Å². The predicted octanol–water partition coefficient (Wildman–Crippen LogP) is 4.40. The lowest BCUT2D eigenvalue weighted by Crippen LogP contribution is -2.44. The maximum absolute atomic E-state index is 12.6. The fraction of sp³-hybridized carbons (Fsp3) is 0.650. The number of benzene rings is 1. The zero-order chi connectivity index (χ0) is 19.5. The van der Waals surface area contributed by atoms with Crippen LogP contribution in [0.25, 0.3) is 0 Å². The first kappa shape index (κ1) is 19.3. The van der Waals surface area contributed by atoms with Crippen molar-refractivity contribution in [2.45, 2.75) is 57.2 Å². The van der Waals surface area contributed by atoms with E-state index in [0.29, 0.717) is 18.4 Å². The molecule has 0 bridgehead atoms. The molecule has 1 saturated heterocycles. The molecule has 1 saturated carbocycles. The standard InChI is InChI=1S/C20H26BrClN2O3/c1-20(2,3)27-19(26)24-9-13(7-14(24)10-25)23-8-11-4-15(11)16-5-12(22)6-17(21)18(16)23/h5-6,11,13-15,25H,4,7-10H2,1-3H3/t11-,13+,14+,15+/m0/s1. The van der Waals surface area contributed by atoms with Gasteiger partial charge in [-0.05, 0) is 79.1 Å². The zero-order valence-electron chi connectivity index (χ0n) is 15.9. The number of anilines is 1. The van der Waals surface area contributed by atoms with E-state index in [2.05, 4.69) is 26.9 Å². The lowest BCUT2D eigenvalue weighted by molar-refractivity contribution is 0.0174. The molecule has 2 fully saturated rings. The van der Waals surface area contributed by atoms with Crippen LogP contribution in [-0.4, -0.2) is 53.5 Å². The van der Waals surface area contributed by atoms with Crippen molar-refractivity contribution in [2.75, 3.05) is 24.6 Å². The average Bonchev–Trinajstić information content (AvgIpc) is 3.21. The molecule has 1 aromatic carbocycles. The molecule has 1 N–H and O–H groups in total. The number of ether oxygens (including phenoxy) is 1. The minimum absolute atomic E-state index is 0.0513. The number of halogens is 2. The maximum Gasteiger partial charge on any atom is 0.410 e. The van der Waals surface area contributed by atoms with Gasteiger partial charge in [0.25, 0.3) is 0 Å². The Morgan fingerprint density at radius 1 is 1.33 bits per heavy atom. The van der Waals surface area contributed by atoms with E-state index in [0.717, 1.165) is 22.5 Å². The minimum atomic E-state index is -0.548. The third kappa shape index (κ3) is 3.68. The van der Waals surface area contributed by atoms with Crippen LogP contribution < -0.4 is 4.90 Å². The molecule has 2 aliphatic heterocycles. The van der Waals surface area contributed by atoms with Crippen LogP contribution in [0.1, 0.15) is 45.1 Å². The molecule has 0 spiro atoms. The Hall–Kier alpha value is -0.980. The van der Waals surface area contributed by atoms with E-state index in [1.165, 1.54) is 17.7 Å². The number of rotatable bonds is 2. The van der Waals surface area contributed by atoms with Crippen LogP contribution in [-0.2, 0) is 4.74 Å². The second kappa shape index (κ2) is 6.82. The van der Waals surface area contributed by atoms with E-state index in [1.54, 1.807) is 4.90 Å². The van der Waals surface area contributed by atoms with Crippen molar-refractivity contribution in [3.8, 4) is 0 Å². The number of likely N-dealkylation sites (tertiary alicyclic amines) is 1. The lowest BCUT2D eigenvalue weighted by Gasteiger charge is -2.37. The van der Waals surface area contributed by atoms with Crippen molar-refractivity contribution in [2.24, 2.45) is 5.92 Å². The summed E-state index contributed by atoms with van der Waals surface area (Å²) in [5.41, 5.74) is 1.96. The number of carbonyl (C=O) groups excluding carboxylic acids is 1. The van der Waals surface area contributed by atoms with E-state index >= 15 is 0 Å². The van der Waals surface area contributed by atoms with E-state index < -0.39 is 5.60 Å². The molecule has 1 amide bonds. The highest BCUT2D eigenvalue weighted by Gasteiger charge is 2.49. The fourth-order valence-corrected chi connectivity index (χ4v) is 5.57. The second-order valence-electron chi connectivity index (χ2n) is 8.94. The van der Waals surface area contributed by atoms with Crippen LogP contribution in [0, 0.1) is 5.92 Å². The summed E-state index contributed by atoms with van der Waals surface area (Å²) >= 11 is 10.00. The van der Waals surface area contributed by atoms with Gasteiger partial charge in [-0.15, -0.1) is 0 Å². The van der Waals surface area contributed by atoms with Gasteiger partial charge in [-0.25, -0.2) is 4.79 Å². The van der Waals surface area contributed by atoms with Crippen LogP contribution >= 0.6 is 27.5 Å². The van der Waals surface area contributed by atoms with Crippen molar-refractivity contribution >= 4 is 39.3 Å². The van der Waals surface area contributed by atoms with Gasteiger partial charge in [-0.1, -0.05) is 11.6 Å². The van der Waals surface area contributed by atoms with Gasteiger partial charge in [-0.3, -0.25) is 0 Å². The summed E-state index contributed by atoms with van der Waals surface area (Å²) in [4.78, 5) is 16.7. The highest BCUT2D eigenvalue weighted by molar-refractivity contribution is 9.10. The fourth-order valence-electron chi connectivity index (χ4n) is 4.51. The predicted molar refractivity (Wildman–Crippen MR) is 110 cm³/mol. The smallest absolute Gasteiger partial charge is 0.410 e. The molecule has 0 aromatic heterocycles. The van der Waals surface area contributed by atoms with Crippen LogP contribution in [0.3, 0.4) is 0 Å². The van der Waals surface area contributed by atoms with Crippen LogP contribution in [0.15, 0.2) is 16.6 Å². The number of hydrogen-bond donors (Lipinski definition) is 1. The molecule has 3 aliphatic rings. The van der Waals surface area contributed by atoms with Crippen LogP contribution in [0.2, 0.25) is 5.02 Å². The van der Waals surface area contributed by atoms with Gasteiger partial charge in [0.2, 0.25) is 0 Å². The maximum atomic E-state index is 12.6. The molecule has 148 valence electrons.